The maximum absolute atomic E-state index is 13.1. The van der Waals surface area contributed by atoms with Crippen LogP contribution in [0.3, 0.4) is 0 Å². The van der Waals surface area contributed by atoms with Gasteiger partial charge < -0.3 is 14.7 Å². The molecule has 1 saturated heterocycles. The number of rotatable bonds is 8. The van der Waals surface area contributed by atoms with Gasteiger partial charge in [0.25, 0.3) is 11.7 Å². The first-order chi connectivity index (χ1) is 15.6. The number of hydrogen-bond donors (Lipinski definition) is 1. The van der Waals surface area contributed by atoms with Crippen LogP contribution in [0, 0.1) is 0 Å². The van der Waals surface area contributed by atoms with Crippen molar-refractivity contribution in [1.82, 2.24) is 4.90 Å². The predicted molar refractivity (Wildman–Crippen MR) is 125 cm³/mol. The molecule has 3 aromatic rings. The molecule has 6 heteroatoms. The van der Waals surface area contributed by atoms with Gasteiger partial charge in [0.05, 0.1) is 18.2 Å². The van der Waals surface area contributed by atoms with E-state index in [1.165, 1.54) is 16.2 Å². The Kier molecular flexibility index (Phi) is 6.71. The molecule has 1 unspecified atom stereocenters. The number of hydrogen-bond acceptors (Lipinski definition) is 5. The second-order valence-corrected chi connectivity index (χ2v) is 8.64. The zero-order valence-electron chi connectivity index (χ0n) is 17.9. The number of ketones is 1. The lowest BCUT2D eigenvalue weighted by atomic mass is 9.99. The van der Waals surface area contributed by atoms with Gasteiger partial charge in [-0.2, -0.15) is 0 Å². The minimum Gasteiger partial charge on any atom is -0.507 e. The third-order valence-electron chi connectivity index (χ3n) is 5.42. The Morgan fingerprint density at radius 2 is 1.88 bits per heavy atom. The Labute approximate surface area is 191 Å². The summed E-state index contributed by atoms with van der Waals surface area (Å²) in [5, 5.41) is 13.1. The summed E-state index contributed by atoms with van der Waals surface area (Å²) in [4.78, 5) is 28.5. The quantitative estimate of drug-likeness (QED) is 0.213. The van der Waals surface area contributed by atoms with Crippen molar-refractivity contribution in [2.75, 3.05) is 6.61 Å². The minimum atomic E-state index is -0.672. The number of likely N-dealkylation sites (tertiary alicyclic amines) is 1. The number of carbonyl (C=O) groups excluding carboxylic acids is 2. The normalized spacial score (nSPS) is 17.7. The largest absolute Gasteiger partial charge is 0.507 e. The molecule has 4 rings (SSSR count). The van der Waals surface area contributed by atoms with Gasteiger partial charge in [-0.25, -0.2) is 0 Å². The van der Waals surface area contributed by atoms with Gasteiger partial charge in [0.2, 0.25) is 0 Å². The smallest absolute Gasteiger partial charge is 0.295 e. The molecule has 1 aliphatic heterocycles. The van der Waals surface area contributed by atoms with Crippen LogP contribution in [0.15, 0.2) is 77.7 Å². The van der Waals surface area contributed by atoms with Crippen LogP contribution in [-0.2, 0) is 16.1 Å². The zero-order valence-corrected chi connectivity index (χ0v) is 18.7. The molecular formula is C26H25NO4S. The Morgan fingerprint density at radius 3 is 2.59 bits per heavy atom. The van der Waals surface area contributed by atoms with E-state index in [9.17, 15) is 14.7 Å². The summed E-state index contributed by atoms with van der Waals surface area (Å²) in [6.45, 7) is 2.95. The van der Waals surface area contributed by atoms with E-state index in [2.05, 4.69) is 6.92 Å². The molecule has 2 aromatic carbocycles. The molecule has 2 heterocycles. The summed E-state index contributed by atoms with van der Waals surface area (Å²) in [6.07, 6.45) is 1.95. The van der Waals surface area contributed by atoms with Crippen LogP contribution < -0.4 is 4.74 Å². The number of Topliss-reactive ketones (excluding diaryl/α,β-unsaturated/α-hetero) is 1. The van der Waals surface area contributed by atoms with Crippen molar-refractivity contribution in [2.45, 2.75) is 32.4 Å². The fraction of sp³-hybridized carbons (Fsp3) is 0.231. The number of ether oxygens (including phenoxy) is 1. The first-order valence-corrected chi connectivity index (χ1v) is 11.6. The molecule has 0 saturated carbocycles. The summed E-state index contributed by atoms with van der Waals surface area (Å²) < 4.78 is 5.75. The monoisotopic (exact) mass is 447 g/mol. The van der Waals surface area contributed by atoms with Crippen molar-refractivity contribution in [2.24, 2.45) is 0 Å². The Morgan fingerprint density at radius 1 is 1.06 bits per heavy atom. The SMILES string of the molecule is CCCCOc1cccc(/C(O)=C2\C(=O)C(=O)N(Cc3ccccc3)C2c2cccs2)c1. The number of aliphatic hydroxyl groups excluding tert-OH is 1. The van der Waals surface area contributed by atoms with Crippen LogP contribution in [-0.4, -0.2) is 28.3 Å². The van der Waals surface area contributed by atoms with Crippen molar-refractivity contribution in [3.05, 3.63) is 93.7 Å². The molecule has 0 bridgehead atoms. The van der Waals surface area contributed by atoms with E-state index in [4.69, 9.17) is 4.74 Å². The molecule has 1 aliphatic rings. The summed E-state index contributed by atoms with van der Waals surface area (Å²) >= 11 is 1.46. The van der Waals surface area contributed by atoms with Crippen molar-refractivity contribution < 1.29 is 19.4 Å². The number of thiophene rings is 1. The molecule has 1 amide bonds. The first-order valence-electron chi connectivity index (χ1n) is 10.7. The molecule has 5 nitrogen and oxygen atoms in total. The lowest BCUT2D eigenvalue weighted by molar-refractivity contribution is -0.140. The molecule has 1 aromatic heterocycles. The molecule has 1 fully saturated rings. The average Bonchev–Trinajstić information content (AvgIpc) is 3.43. The second-order valence-electron chi connectivity index (χ2n) is 7.66. The molecule has 32 heavy (non-hydrogen) atoms. The van der Waals surface area contributed by atoms with Gasteiger partial charge in [0.1, 0.15) is 11.5 Å². The summed E-state index contributed by atoms with van der Waals surface area (Å²) in [5.74, 6) is -0.842. The maximum atomic E-state index is 13.1. The van der Waals surface area contributed by atoms with Crippen LogP contribution >= 0.6 is 11.3 Å². The molecular weight excluding hydrogens is 422 g/mol. The minimum absolute atomic E-state index is 0.110. The van der Waals surface area contributed by atoms with E-state index in [0.29, 0.717) is 17.9 Å². The average molecular weight is 448 g/mol. The van der Waals surface area contributed by atoms with E-state index in [0.717, 1.165) is 23.3 Å². The highest BCUT2D eigenvalue weighted by molar-refractivity contribution is 7.10. The van der Waals surface area contributed by atoms with Crippen LogP contribution in [0.1, 0.15) is 41.8 Å². The van der Waals surface area contributed by atoms with E-state index < -0.39 is 17.7 Å². The van der Waals surface area contributed by atoms with Crippen molar-refractivity contribution in [3.8, 4) is 5.75 Å². The van der Waals surface area contributed by atoms with Crippen LogP contribution in [0.25, 0.3) is 5.76 Å². The standard InChI is InChI=1S/C26H25NO4S/c1-2-3-14-31-20-12-7-11-19(16-20)24(28)22-23(21-13-8-15-32-21)27(26(30)25(22)29)17-18-9-5-4-6-10-18/h4-13,15-16,23,28H,2-3,14,17H2,1H3/b24-22+. The highest BCUT2D eigenvalue weighted by Gasteiger charge is 2.46. The molecule has 0 aliphatic carbocycles. The number of aliphatic hydroxyl groups is 1. The van der Waals surface area contributed by atoms with Crippen LogP contribution in [0.5, 0.6) is 5.75 Å². The van der Waals surface area contributed by atoms with Gasteiger partial charge in [0, 0.05) is 17.0 Å². The fourth-order valence-corrected chi connectivity index (χ4v) is 4.63. The van der Waals surface area contributed by atoms with Gasteiger partial charge >= 0.3 is 0 Å². The Hall–Kier alpha value is -3.38. The van der Waals surface area contributed by atoms with Crippen molar-refractivity contribution >= 4 is 28.8 Å². The lowest BCUT2D eigenvalue weighted by Gasteiger charge is -2.24. The first kappa shape index (κ1) is 21.8. The highest BCUT2D eigenvalue weighted by Crippen LogP contribution is 2.42. The summed E-state index contributed by atoms with van der Waals surface area (Å²) in [7, 11) is 0. The van der Waals surface area contributed by atoms with Gasteiger partial charge in [-0.05, 0) is 35.6 Å². The molecule has 164 valence electrons. The second kappa shape index (κ2) is 9.83. The maximum Gasteiger partial charge on any atom is 0.295 e. The van der Waals surface area contributed by atoms with Gasteiger partial charge in [-0.1, -0.05) is 61.9 Å². The topological polar surface area (TPSA) is 66.8 Å². The number of unbranched alkanes of at least 4 members (excludes halogenated alkanes) is 1. The van der Waals surface area contributed by atoms with E-state index >= 15 is 0 Å². The van der Waals surface area contributed by atoms with Gasteiger partial charge in [0.15, 0.2) is 0 Å². The number of amides is 1. The lowest BCUT2D eigenvalue weighted by Crippen LogP contribution is -2.28. The van der Waals surface area contributed by atoms with Crippen LogP contribution in [0.4, 0.5) is 0 Å². The Bertz CT molecular complexity index is 1120. The highest BCUT2D eigenvalue weighted by atomic mass is 32.1. The summed E-state index contributed by atoms with van der Waals surface area (Å²) in [5.41, 5.74) is 1.49. The van der Waals surface area contributed by atoms with Gasteiger partial charge in [-0.15, -0.1) is 11.3 Å². The molecule has 1 atom stereocenters. The third-order valence-corrected chi connectivity index (χ3v) is 6.35. The van der Waals surface area contributed by atoms with E-state index in [-0.39, 0.29) is 17.9 Å². The number of nitrogens with zero attached hydrogens (tertiary/aromatic N) is 1. The molecule has 0 spiro atoms. The Balaban J connectivity index is 1.74. The fourth-order valence-electron chi connectivity index (χ4n) is 3.79. The molecule has 0 radical (unpaired) electrons. The molecule has 1 N–H and O–H groups in total. The predicted octanol–water partition coefficient (Wildman–Crippen LogP) is 5.55. The van der Waals surface area contributed by atoms with E-state index in [1.807, 2.05) is 53.9 Å². The van der Waals surface area contributed by atoms with Crippen molar-refractivity contribution in [3.63, 3.8) is 0 Å². The van der Waals surface area contributed by atoms with Crippen molar-refractivity contribution in [1.29, 1.82) is 0 Å². The number of carbonyl (C=O) groups is 2. The van der Waals surface area contributed by atoms with E-state index in [1.54, 1.807) is 18.2 Å². The van der Waals surface area contributed by atoms with Crippen LogP contribution in [0.2, 0.25) is 0 Å². The van der Waals surface area contributed by atoms with Gasteiger partial charge in [-0.3, -0.25) is 9.59 Å². The zero-order chi connectivity index (χ0) is 22.5. The third kappa shape index (κ3) is 4.46. The number of benzene rings is 2. The summed E-state index contributed by atoms with van der Waals surface area (Å²) in [6, 6.07) is 19.7.